The van der Waals surface area contributed by atoms with Gasteiger partial charge in [0.15, 0.2) is 6.20 Å². The van der Waals surface area contributed by atoms with Gasteiger partial charge in [0.25, 0.3) is 0 Å². The molecule has 0 N–H and O–H groups in total. The van der Waals surface area contributed by atoms with Gasteiger partial charge in [-0.2, -0.15) is 13.2 Å². The molecule has 0 radical (unpaired) electrons. The zero-order chi connectivity index (χ0) is 23.2. The molecule has 0 atom stereocenters. The smallest absolute Gasteiger partial charge is 0.201 e. The first-order valence-corrected chi connectivity index (χ1v) is 8.01. The average molecular weight is 361 g/mol. The molecule has 2 aromatic carbocycles. The van der Waals surface area contributed by atoms with E-state index in [-0.39, 0.29) is 5.56 Å². The van der Waals surface area contributed by atoms with E-state index in [1.54, 1.807) is 43.3 Å². The van der Waals surface area contributed by atoms with Crippen molar-refractivity contribution in [1.82, 2.24) is 0 Å². The number of pyridine rings is 1. The normalized spacial score (nSPS) is 15.5. The molecule has 0 spiro atoms. The number of alkyl halides is 3. The minimum Gasteiger partial charge on any atom is -0.201 e. The van der Waals surface area contributed by atoms with Gasteiger partial charge in [-0.25, -0.2) is 4.57 Å². The van der Waals surface area contributed by atoms with Gasteiger partial charge in [-0.1, -0.05) is 36.4 Å². The molecule has 26 heavy (non-hydrogen) atoms. The van der Waals surface area contributed by atoms with E-state index in [0.29, 0.717) is 27.9 Å². The Hall–Kier alpha value is -2.62. The van der Waals surface area contributed by atoms with Crippen LogP contribution in [0.4, 0.5) is 13.2 Å². The summed E-state index contributed by atoms with van der Waals surface area (Å²) in [7, 11) is 1.53. The fourth-order valence-electron chi connectivity index (χ4n) is 2.97. The third-order valence-corrected chi connectivity index (χ3v) is 4.14. The third-order valence-electron chi connectivity index (χ3n) is 4.14. The van der Waals surface area contributed by atoms with Crippen LogP contribution in [0.15, 0.2) is 60.8 Å². The highest BCUT2D eigenvalue weighted by molar-refractivity contribution is 5.75. The highest BCUT2D eigenvalue weighted by atomic mass is 19.4. The van der Waals surface area contributed by atoms with E-state index >= 15 is 0 Å². The molecule has 0 aliphatic carbocycles. The molecule has 3 aromatic rings. The standard InChI is InChI=1S/C22H21F3N/c1-15-11-16(2)20(12-19(15)18-7-5-4-6-8-18)21-10-9-17(14-26(21)3)13-22(23,24)25/h4-12,14H,13H2,1-3H3/q+1/i1D3,13D2. The van der Waals surface area contributed by atoms with Crippen LogP contribution in [-0.4, -0.2) is 6.18 Å². The van der Waals surface area contributed by atoms with Crippen LogP contribution in [-0.2, 0) is 13.4 Å². The van der Waals surface area contributed by atoms with Crippen LogP contribution in [0.1, 0.15) is 23.5 Å². The van der Waals surface area contributed by atoms with Crippen molar-refractivity contribution >= 4 is 0 Å². The van der Waals surface area contributed by atoms with Gasteiger partial charge in [0.05, 0.1) is 6.37 Å². The summed E-state index contributed by atoms with van der Waals surface area (Å²) in [6, 6.07) is 14.8. The third kappa shape index (κ3) is 3.96. The maximum absolute atomic E-state index is 13.1. The Kier molecular flexibility index (Phi) is 3.39. The minimum atomic E-state index is -5.04. The monoisotopic (exact) mass is 361 g/mol. The Morgan fingerprint density at radius 1 is 1.00 bits per heavy atom. The lowest BCUT2D eigenvalue weighted by Crippen LogP contribution is -2.32. The van der Waals surface area contributed by atoms with Crippen molar-refractivity contribution in [2.24, 2.45) is 7.05 Å². The molecule has 4 heteroatoms. The topological polar surface area (TPSA) is 3.88 Å². The van der Waals surface area contributed by atoms with Crippen LogP contribution in [0.5, 0.6) is 0 Å². The summed E-state index contributed by atoms with van der Waals surface area (Å²) in [5, 5.41) is 0. The van der Waals surface area contributed by atoms with Crippen molar-refractivity contribution in [3.05, 3.63) is 77.5 Å². The molecular weight excluding hydrogens is 335 g/mol. The lowest BCUT2D eigenvalue weighted by molar-refractivity contribution is -0.660. The number of hydrogen-bond acceptors (Lipinski definition) is 0. The number of aryl methyl sites for hydroxylation is 3. The number of halogens is 3. The Morgan fingerprint density at radius 3 is 2.35 bits per heavy atom. The predicted molar refractivity (Wildman–Crippen MR) is 97.7 cm³/mol. The molecule has 0 aliphatic rings. The fraction of sp³-hybridized carbons (Fsp3) is 0.227. The molecule has 1 heterocycles. The lowest BCUT2D eigenvalue weighted by Gasteiger charge is -2.12. The van der Waals surface area contributed by atoms with E-state index in [4.69, 9.17) is 6.85 Å². The molecule has 1 aromatic heterocycles. The van der Waals surface area contributed by atoms with Gasteiger partial charge in [0, 0.05) is 24.0 Å². The van der Waals surface area contributed by atoms with Gasteiger partial charge >= 0.3 is 6.18 Å². The van der Waals surface area contributed by atoms with E-state index in [2.05, 4.69) is 0 Å². The first-order valence-electron chi connectivity index (χ1n) is 10.5. The molecular formula is C22H21F3N+. The van der Waals surface area contributed by atoms with Crippen LogP contribution in [0.25, 0.3) is 22.4 Å². The quantitative estimate of drug-likeness (QED) is 0.537. The molecule has 1 nitrogen and oxygen atoms in total. The summed E-state index contributed by atoms with van der Waals surface area (Å²) in [5.74, 6) is 0. The maximum Gasteiger partial charge on any atom is 0.393 e. The van der Waals surface area contributed by atoms with Gasteiger partial charge < -0.3 is 0 Å². The average Bonchev–Trinajstić information content (AvgIpc) is 2.67. The summed E-state index contributed by atoms with van der Waals surface area (Å²) in [5.41, 5.74) is 2.73. The molecule has 0 fully saturated rings. The predicted octanol–water partition coefficient (Wildman–Crippen LogP) is 5.57. The molecule has 0 saturated carbocycles. The molecule has 0 aliphatic heterocycles. The van der Waals surface area contributed by atoms with E-state index < -0.39 is 25.0 Å². The second kappa shape index (κ2) is 6.94. The highest BCUT2D eigenvalue weighted by Gasteiger charge is 2.29. The van der Waals surface area contributed by atoms with E-state index in [9.17, 15) is 13.2 Å². The van der Waals surface area contributed by atoms with Crippen LogP contribution < -0.4 is 4.57 Å². The fourth-order valence-corrected chi connectivity index (χ4v) is 2.97. The van der Waals surface area contributed by atoms with Gasteiger partial charge in [0.1, 0.15) is 7.05 Å². The van der Waals surface area contributed by atoms with Gasteiger partial charge in [-0.3, -0.25) is 0 Å². The summed E-state index contributed by atoms with van der Waals surface area (Å²) in [4.78, 5) is 0. The molecule has 0 amide bonds. The first-order chi connectivity index (χ1) is 14.2. The molecule has 0 saturated heterocycles. The number of aromatic nitrogens is 1. The Labute approximate surface area is 158 Å². The first kappa shape index (κ1) is 12.7. The zero-order valence-electron chi connectivity index (χ0n) is 19.4. The highest BCUT2D eigenvalue weighted by Crippen LogP contribution is 2.31. The largest absolute Gasteiger partial charge is 0.393 e. The summed E-state index contributed by atoms with van der Waals surface area (Å²) >= 11 is 0. The molecule has 0 unspecified atom stereocenters. The van der Waals surface area contributed by atoms with E-state index in [1.807, 2.05) is 6.07 Å². The molecule has 3 rings (SSSR count). The lowest BCUT2D eigenvalue weighted by atomic mass is 9.93. The van der Waals surface area contributed by atoms with E-state index in [1.165, 1.54) is 17.7 Å². The van der Waals surface area contributed by atoms with Crippen molar-refractivity contribution in [2.45, 2.75) is 26.3 Å². The summed E-state index contributed by atoms with van der Waals surface area (Å²) in [6.07, 6.45) is -7.42. The van der Waals surface area contributed by atoms with E-state index in [0.717, 1.165) is 12.3 Å². The summed E-state index contributed by atoms with van der Waals surface area (Å²) in [6.45, 7) is -0.606. The number of nitrogens with zero attached hydrogens (tertiary/aromatic N) is 1. The second-order valence-corrected chi connectivity index (χ2v) is 6.12. The van der Waals surface area contributed by atoms with Crippen molar-refractivity contribution in [1.29, 1.82) is 0 Å². The second-order valence-electron chi connectivity index (χ2n) is 6.12. The van der Waals surface area contributed by atoms with Crippen LogP contribution in [0.3, 0.4) is 0 Å². The Balaban J connectivity index is 2.20. The summed E-state index contributed by atoms with van der Waals surface area (Å²) < 4.78 is 79.3. The number of rotatable bonds is 3. The molecule has 134 valence electrons. The number of benzene rings is 2. The number of hydrogen-bond donors (Lipinski definition) is 0. The maximum atomic E-state index is 13.1. The Bertz CT molecular complexity index is 1110. The van der Waals surface area contributed by atoms with Crippen LogP contribution in [0, 0.1) is 13.8 Å². The van der Waals surface area contributed by atoms with Gasteiger partial charge in [-0.15, -0.1) is 0 Å². The van der Waals surface area contributed by atoms with Crippen LogP contribution >= 0.6 is 0 Å². The zero-order valence-corrected chi connectivity index (χ0v) is 14.4. The van der Waals surface area contributed by atoms with Crippen molar-refractivity contribution in [3.63, 3.8) is 0 Å². The minimum absolute atomic E-state index is 0.188. The van der Waals surface area contributed by atoms with Crippen molar-refractivity contribution in [2.75, 3.05) is 0 Å². The SMILES string of the molecule is [2H]C([2H])([2H])c1cc(C)c(-c2ccc(C([2H])([2H])C(F)(F)F)c[n+]2C)cc1-c1ccccc1. The Morgan fingerprint density at radius 2 is 1.73 bits per heavy atom. The van der Waals surface area contributed by atoms with Crippen LogP contribution in [0.2, 0.25) is 0 Å². The van der Waals surface area contributed by atoms with Gasteiger partial charge in [-0.05, 0) is 48.2 Å². The van der Waals surface area contributed by atoms with Crippen molar-refractivity contribution < 1.29 is 24.6 Å². The van der Waals surface area contributed by atoms with Crippen molar-refractivity contribution in [3.8, 4) is 22.4 Å². The van der Waals surface area contributed by atoms with Gasteiger partial charge in [0.2, 0.25) is 5.69 Å². The molecule has 0 bridgehead atoms.